The van der Waals surface area contributed by atoms with E-state index in [0.29, 0.717) is 17.4 Å². The Labute approximate surface area is 424 Å². The smallest absolute Gasteiger partial charge is 0.149 e. The summed E-state index contributed by atoms with van der Waals surface area (Å²) in [5.41, 5.74) is 3.87. The van der Waals surface area contributed by atoms with Crippen molar-refractivity contribution in [3.63, 3.8) is 0 Å². The molecule has 3 aliphatic rings. The van der Waals surface area contributed by atoms with Crippen molar-refractivity contribution >= 4 is 22.7 Å². The minimum atomic E-state index is -0.632. The van der Waals surface area contributed by atoms with E-state index >= 15 is 0 Å². The largest absolute Gasteiger partial charge is 0.367 e. The molecule has 3 fully saturated rings. The van der Waals surface area contributed by atoms with Gasteiger partial charge in [-0.05, 0) is 151 Å². The molecule has 3 aliphatic heterocycles. The highest BCUT2D eigenvalue weighted by Gasteiger charge is 2.32. The fourth-order valence-electron chi connectivity index (χ4n) is 10.3. The second kappa shape index (κ2) is 25.1. The molecule has 0 aliphatic carbocycles. The topological polar surface area (TPSA) is 13.0 Å². The Morgan fingerprint density at radius 1 is 0.417 bits per heavy atom. The number of para-hydroxylation sites is 1. The number of piperazine rings is 1. The predicted octanol–water partition coefficient (Wildman–Crippen LogP) is 16.4. The van der Waals surface area contributed by atoms with Crippen molar-refractivity contribution < 1.29 is 35.1 Å². The summed E-state index contributed by atoms with van der Waals surface area (Å²) in [5, 5.41) is 0. The van der Waals surface area contributed by atoms with E-state index in [2.05, 4.69) is 45.0 Å². The van der Waals surface area contributed by atoms with Crippen LogP contribution in [0.3, 0.4) is 0 Å². The zero-order valence-corrected chi connectivity index (χ0v) is 43.9. The van der Waals surface area contributed by atoms with Crippen LogP contribution in [0.15, 0.2) is 84.9 Å². The zero-order chi connectivity index (χ0) is 52.4. The van der Waals surface area contributed by atoms with Crippen molar-refractivity contribution in [3.8, 4) is 0 Å². The molecule has 3 heterocycles. The molecule has 12 heteroatoms. The zero-order valence-electron chi connectivity index (χ0n) is 43.9. The maximum atomic E-state index is 14.5. The van der Waals surface area contributed by atoms with Crippen LogP contribution in [0.4, 0.5) is 57.9 Å². The molecule has 0 unspecified atom stereocenters. The van der Waals surface area contributed by atoms with Crippen LogP contribution in [0.1, 0.15) is 141 Å². The van der Waals surface area contributed by atoms with E-state index in [-0.39, 0.29) is 72.1 Å². The van der Waals surface area contributed by atoms with Gasteiger partial charge in [0.25, 0.3) is 0 Å². The molecule has 0 N–H and O–H groups in total. The Bertz CT molecular complexity index is 2430. The number of halogens is 8. The molecule has 0 amide bonds. The van der Waals surface area contributed by atoms with Crippen molar-refractivity contribution in [3.05, 3.63) is 154 Å². The highest BCUT2D eigenvalue weighted by atomic mass is 19.2. The van der Waals surface area contributed by atoms with Gasteiger partial charge in [-0.1, -0.05) is 98.7 Å². The van der Waals surface area contributed by atoms with E-state index in [4.69, 9.17) is 0 Å². The molecular formula is C60H76F8N4. The molecule has 0 spiro atoms. The van der Waals surface area contributed by atoms with Crippen molar-refractivity contribution in [2.24, 2.45) is 17.3 Å². The van der Waals surface area contributed by atoms with Gasteiger partial charge < -0.3 is 19.6 Å². The first-order valence-corrected chi connectivity index (χ1v) is 26.1. The summed E-state index contributed by atoms with van der Waals surface area (Å²) < 4.78 is 114. The summed E-state index contributed by atoms with van der Waals surface area (Å²) in [4.78, 5) is 6.92. The third-order valence-electron chi connectivity index (χ3n) is 14.9. The van der Waals surface area contributed by atoms with E-state index in [1.165, 1.54) is 73.0 Å². The second-order valence-corrected chi connectivity index (χ2v) is 21.9. The molecule has 0 atom stereocenters. The Morgan fingerprint density at radius 2 is 0.736 bits per heavy atom. The van der Waals surface area contributed by atoms with Gasteiger partial charge >= 0.3 is 0 Å². The first kappa shape index (κ1) is 56.0. The second-order valence-electron chi connectivity index (χ2n) is 21.9. The number of hydrogen-bond acceptors (Lipinski definition) is 4. The molecule has 3 saturated heterocycles. The van der Waals surface area contributed by atoms with Crippen LogP contribution in [-0.2, 0) is 6.42 Å². The molecule has 5 aromatic rings. The predicted molar refractivity (Wildman–Crippen MR) is 281 cm³/mol. The molecule has 8 rings (SSSR count). The van der Waals surface area contributed by atoms with Gasteiger partial charge in [-0.15, -0.1) is 0 Å². The minimum absolute atomic E-state index is 0.0268. The van der Waals surface area contributed by atoms with E-state index in [1.807, 2.05) is 57.4 Å². The van der Waals surface area contributed by atoms with Gasteiger partial charge in [0.05, 0.1) is 0 Å². The summed E-state index contributed by atoms with van der Waals surface area (Å²) >= 11 is 0. The Kier molecular flexibility index (Phi) is 19.5. The molecule has 392 valence electrons. The van der Waals surface area contributed by atoms with Crippen molar-refractivity contribution in [1.82, 2.24) is 0 Å². The van der Waals surface area contributed by atoms with Gasteiger partial charge in [-0.3, -0.25) is 0 Å². The fourth-order valence-corrected chi connectivity index (χ4v) is 10.3. The van der Waals surface area contributed by atoms with E-state index in [9.17, 15) is 35.1 Å². The van der Waals surface area contributed by atoms with Crippen LogP contribution in [-0.4, -0.2) is 52.4 Å². The van der Waals surface area contributed by atoms with Gasteiger partial charge in [-0.2, -0.15) is 0 Å². The molecule has 5 aromatic carbocycles. The standard InChI is InChI=1S/C23H29F2N.C19H20F4N2.C18H27F2N/c1-17(2)20-15-21(24)23(22(25)16-20)26-13-11-19(12-14-26)10-6-9-18-7-4-3-5-8-18;1-12(2)13-10-16(22)19(17(23)11-13)25-8-6-24(7-9-25)18-14(20)4-3-5-15(18)21;1-12(2)13-10-15(19)17(16(20)11-13)21-8-6-14(7-9-21)18(3,4)5/h3-5,7-8,15-17,19H,6,9-14H2,1-2H3;3-5,10-12H,6-9H2,1-2H3;10-12,14H,6-9H2,1-5H3. The average molecular weight is 1010 g/mol. The molecule has 0 radical (unpaired) electrons. The highest BCUT2D eigenvalue weighted by Crippen LogP contribution is 2.38. The Hall–Kier alpha value is -5.26. The molecule has 0 saturated carbocycles. The monoisotopic (exact) mass is 1000 g/mol. The van der Waals surface area contributed by atoms with Gasteiger partial charge in [0.2, 0.25) is 0 Å². The number of benzene rings is 5. The third-order valence-corrected chi connectivity index (χ3v) is 14.9. The lowest BCUT2D eigenvalue weighted by Crippen LogP contribution is -2.47. The first-order chi connectivity index (χ1) is 34.1. The quantitative estimate of drug-likeness (QED) is 0.122. The highest BCUT2D eigenvalue weighted by molar-refractivity contribution is 5.56. The summed E-state index contributed by atoms with van der Waals surface area (Å²) in [6.07, 6.45) is 7.50. The maximum Gasteiger partial charge on any atom is 0.149 e. The Balaban J connectivity index is 0.000000178. The van der Waals surface area contributed by atoms with Crippen molar-refractivity contribution in [2.45, 2.75) is 125 Å². The lowest BCUT2D eigenvalue weighted by Gasteiger charge is -2.40. The van der Waals surface area contributed by atoms with Gasteiger partial charge in [-0.25, -0.2) is 35.1 Å². The molecule has 4 nitrogen and oxygen atoms in total. The van der Waals surface area contributed by atoms with Crippen molar-refractivity contribution in [2.75, 3.05) is 72.0 Å². The number of piperidine rings is 2. The van der Waals surface area contributed by atoms with Crippen LogP contribution < -0.4 is 19.6 Å². The summed E-state index contributed by atoms with van der Waals surface area (Å²) in [5.74, 6) is -2.58. The first-order valence-electron chi connectivity index (χ1n) is 26.1. The van der Waals surface area contributed by atoms with Crippen LogP contribution in [0.5, 0.6) is 0 Å². The number of anilines is 4. The van der Waals surface area contributed by atoms with Crippen molar-refractivity contribution in [1.29, 1.82) is 0 Å². The SMILES string of the molecule is CC(C)c1cc(F)c(N2CCC(C(C)(C)C)CC2)c(F)c1.CC(C)c1cc(F)c(N2CCC(CCCc3ccccc3)CC2)c(F)c1.CC(C)c1cc(F)c(N2CCN(c3c(F)cccc3F)CC2)c(F)c1. The molecule has 0 aromatic heterocycles. The van der Waals surface area contributed by atoms with Crippen LogP contribution >= 0.6 is 0 Å². The van der Waals surface area contributed by atoms with Crippen LogP contribution in [0, 0.1) is 63.8 Å². The van der Waals surface area contributed by atoms with Gasteiger partial charge in [0.1, 0.15) is 69.3 Å². The molecule has 0 bridgehead atoms. The normalized spacial score (nSPS) is 16.1. The number of nitrogens with zero attached hydrogens (tertiary/aromatic N) is 4. The lowest BCUT2D eigenvalue weighted by atomic mass is 9.75. The molecule has 72 heavy (non-hydrogen) atoms. The number of rotatable bonds is 11. The van der Waals surface area contributed by atoms with E-state index in [0.717, 1.165) is 69.4 Å². The summed E-state index contributed by atoms with van der Waals surface area (Å²) in [6, 6.07) is 23.0. The number of hydrogen-bond donors (Lipinski definition) is 0. The maximum absolute atomic E-state index is 14.5. The van der Waals surface area contributed by atoms with Gasteiger partial charge in [0, 0.05) is 52.4 Å². The average Bonchev–Trinajstić information content (AvgIpc) is 3.32. The summed E-state index contributed by atoms with van der Waals surface area (Å²) in [6.45, 7) is 22.3. The minimum Gasteiger partial charge on any atom is -0.367 e. The number of aryl methyl sites for hydroxylation is 1. The summed E-state index contributed by atoms with van der Waals surface area (Å²) in [7, 11) is 0. The third kappa shape index (κ3) is 14.5. The van der Waals surface area contributed by atoms with Crippen LogP contribution in [0.25, 0.3) is 0 Å². The lowest BCUT2D eigenvalue weighted by molar-refractivity contribution is 0.198. The van der Waals surface area contributed by atoms with E-state index in [1.54, 1.807) is 9.80 Å². The van der Waals surface area contributed by atoms with Crippen LogP contribution in [0.2, 0.25) is 0 Å². The Morgan fingerprint density at radius 3 is 1.07 bits per heavy atom. The molecular weight excluding hydrogens is 929 g/mol. The van der Waals surface area contributed by atoms with Gasteiger partial charge in [0.15, 0.2) is 0 Å². The van der Waals surface area contributed by atoms with E-state index < -0.39 is 46.5 Å². The fraction of sp³-hybridized carbons (Fsp3) is 0.500.